The molecule has 4 rings (SSSR count). The molecule has 1 heterocycles. The molecule has 34 heavy (non-hydrogen) atoms. The van der Waals surface area contributed by atoms with E-state index in [1.807, 2.05) is 43.3 Å². The van der Waals surface area contributed by atoms with Crippen LogP contribution in [0.5, 0.6) is 0 Å². The second-order valence-corrected chi connectivity index (χ2v) is 8.64. The average molecular weight is 475 g/mol. The summed E-state index contributed by atoms with van der Waals surface area (Å²) in [4.78, 5) is 23.7. The summed E-state index contributed by atoms with van der Waals surface area (Å²) < 4.78 is 53.2. The van der Waals surface area contributed by atoms with Crippen LogP contribution >= 0.6 is 0 Å². The van der Waals surface area contributed by atoms with Crippen molar-refractivity contribution in [3.8, 4) is 0 Å². The van der Waals surface area contributed by atoms with Gasteiger partial charge < -0.3 is 15.5 Å². The molecule has 0 saturated heterocycles. The number of hydrogen-bond acceptors (Lipinski definition) is 5. The van der Waals surface area contributed by atoms with Gasteiger partial charge in [0.05, 0.1) is 16.6 Å². The molecule has 180 valence electrons. The summed E-state index contributed by atoms with van der Waals surface area (Å²) in [6, 6.07) is 9.41. The molecule has 1 aromatic heterocycles. The lowest BCUT2D eigenvalue weighted by Gasteiger charge is -2.30. The van der Waals surface area contributed by atoms with Crippen molar-refractivity contribution in [2.24, 2.45) is 0 Å². The number of alkyl halides is 3. The van der Waals surface area contributed by atoms with Crippen LogP contribution < -0.4 is 15.5 Å². The van der Waals surface area contributed by atoms with Gasteiger partial charge in [0.1, 0.15) is 11.6 Å². The van der Waals surface area contributed by atoms with Crippen LogP contribution in [-0.2, 0) is 6.18 Å². The highest BCUT2D eigenvalue weighted by Gasteiger charge is 2.36. The van der Waals surface area contributed by atoms with E-state index in [4.69, 9.17) is 0 Å². The first kappa shape index (κ1) is 23.7. The van der Waals surface area contributed by atoms with Gasteiger partial charge in [0, 0.05) is 31.6 Å². The molecule has 0 unspecified atom stereocenters. The Balaban J connectivity index is 1.40. The van der Waals surface area contributed by atoms with Crippen molar-refractivity contribution in [3.63, 3.8) is 0 Å². The summed E-state index contributed by atoms with van der Waals surface area (Å²) in [5.41, 5.74) is -1.03. The third-order valence-electron chi connectivity index (χ3n) is 5.93. The predicted molar refractivity (Wildman–Crippen MR) is 122 cm³/mol. The van der Waals surface area contributed by atoms with Crippen LogP contribution in [0.25, 0.3) is 10.9 Å². The highest BCUT2D eigenvalue weighted by molar-refractivity contribution is 5.96. The summed E-state index contributed by atoms with van der Waals surface area (Å²) in [5, 5.41) is 6.93. The molecule has 1 saturated carbocycles. The summed E-state index contributed by atoms with van der Waals surface area (Å²) in [6.07, 6.45) is -2.27. The van der Waals surface area contributed by atoms with E-state index in [9.17, 15) is 22.4 Å². The number of hydrogen-bond donors (Lipinski definition) is 2. The normalized spacial score (nSPS) is 18.5. The lowest BCUT2D eigenvalue weighted by molar-refractivity contribution is -0.138. The topological polar surface area (TPSA) is 70.2 Å². The molecule has 3 aromatic rings. The number of benzene rings is 2. The lowest BCUT2D eigenvalue weighted by atomic mass is 9.91. The number of nitrogens with zero attached hydrogens (tertiary/aromatic N) is 3. The summed E-state index contributed by atoms with van der Waals surface area (Å²) in [5.74, 6) is -0.510. The van der Waals surface area contributed by atoms with Crippen molar-refractivity contribution in [3.05, 3.63) is 59.4 Å². The number of aromatic nitrogens is 2. The Bertz CT molecular complexity index is 1190. The molecule has 1 fully saturated rings. The molecule has 1 amide bonds. The number of amides is 1. The Kier molecular flexibility index (Phi) is 6.58. The minimum absolute atomic E-state index is 0.0595. The van der Waals surface area contributed by atoms with E-state index < -0.39 is 29.0 Å². The molecular formula is C24H25F4N5O. The zero-order chi connectivity index (χ0) is 24.5. The summed E-state index contributed by atoms with van der Waals surface area (Å²) in [6.45, 7) is 0. The van der Waals surface area contributed by atoms with E-state index >= 15 is 0 Å². The van der Waals surface area contributed by atoms with Gasteiger partial charge in [0.15, 0.2) is 0 Å². The SMILES string of the molecule is CN(C)c1nc(NC2CCC(NC(=O)c3cc(F)ccc3C(F)(F)F)CC2)nc2ccccc12. The molecule has 10 heteroatoms. The third kappa shape index (κ3) is 5.21. The van der Waals surface area contributed by atoms with Crippen molar-refractivity contribution in [2.45, 2.75) is 43.9 Å². The molecule has 0 aliphatic heterocycles. The molecule has 1 aliphatic carbocycles. The Morgan fingerprint density at radius 1 is 1.00 bits per heavy atom. The maximum absolute atomic E-state index is 13.5. The van der Waals surface area contributed by atoms with Crippen molar-refractivity contribution >= 4 is 28.6 Å². The second-order valence-electron chi connectivity index (χ2n) is 8.64. The number of rotatable bonds is 5. The Labute approximate surface area is 194 Å². The fourth-order valence-electron chi connectivity index (χ4n) is 4.24. The van der Waals surface area contributed by atoms with Gasteiger partial charge in [0.2, 0.25) is 5.95 Å². The molecule has 0 spiro atoms. The smallest absolute Gasteiger partial charge is 0.362 e. The quantitative estimate of drug-likeness (QED) is 0.508. The van der Waals surface area contributed by atoms with Crippen molar-refractivity contribution in [1.82, 2.24) is 15.3 Å². The van der Waals surface area contributed by atoms with E-state index in [0.29, 0.717) is 49.8 Å². The Morgan fingerprint density at radius 2 is 1.68 bits per heavy atom. The van der Waals surface area contributed by atoms with Crippen LogP contribution in [0.15, 0.2) is 42.5 Å². The van der Waals surface area contributed by atoms with Gasteiger partial charge in [-0.3, -0.25) is 4.79 Å². The number of carbonyl (C=O) groups excluding carboxylic acids is 1. The molecule has 6 nitrogen and oxygen atoms in total. The van der Waals surface area contributed by atoms with E-state index in [2.05, 4.69) is 20.6 Å². The van der Waals surface area contributed by atoms with E-state index in [1.54, 1.807) is 0 Å². The van der Waals surface area contributed by atoms with Crippen LogP contribution in [0.2, 0.25) is 0 Å². The molecule has 2 aromatic carbocycles. The van der Waals surface area contributed by atoms with Gasteiger partial charge in [-0.2, -0.15) is 18.2 Å². The second kappa shape index (κ2) is 9.44. The van der Waals surface area contributed by atoms with Crippen molar-refractivity contribution < 1.29 is 22.4 Å². The van der Waals surface area contributed by atoms with Gasteiger partial charge in [-0.15, -0.1) is 0 Å². The molecule has 1 aliphatic rings. The van der Waals surface area contributed by atoms with E-state index in [0.717, 1.165) is 16.7 Å². The number of fused-ring (bicyclic) bond motifs is 1. The molecule has 0 atom stereocenters. The highest BCUT2D eigenvalue weighted by Crippen LogP contribution is 2.33. The zero-order valence-electron chi connectivity index (χ0n) is 18.8. The van der Waals surface area contributed by atoms with Crippen LogP contribution in [0, 0.1) is 5.82 Å². The van der Waals surface area contributed by atoms with Crippen LogP contribution in [0.3, 0.4) is 0 Å². The maximum Gasteiger partial charge on any atom is 0.417 e. The number of halogens is 4. The molecule has 0 radical (unpaired) electrons. The van der Waals surface area contributed by atoms with Crippen molar-refractivity contribution in [2.75, 3.05) is 24.3 Å². The van der Waals surface area contributed by atoms with Gasteiger partial charge in [-0.1, -0.05) is 12.1 Å². The Hall–Kier alpha value is -3.43. The average Bonchev–Trinajstić information content (AvgIpc) is 2.79. The van der Waals surface area contributed by atoms with Crippen LogP contribution in [-0.4, -0.2) is 42.1 Å². The zero-order valence-corrected chi connectivity index (χ0v) is 18.8. The van der Waals surface area contributed by atoms with Gasteiger partial charge >= 0.3 is 6.18 Å². The summed E-state index contributed by atoms with van der Waals surface area (Å²) in [7, 11) is 3.82. The first-order chi connectivity index (χ1) is 16.1. The first-order valence-corrected chi connectivity index (χ1v) is 11.0. The fourth-order valence-corrected chi connectivity index (χ4v) is 4.24. The standard InChI is InChI=1S/C24H25F4N5O/c1-33(2)21-17-5-3-4-6-20(17)31-23(32-21)30-16-10-8-15(9-11-16)29-22(34)18-13-14(25)7-12-19(18)24(26,27)28/h3-7,12-13,15-16H,8-11H2,1-2H3,(H,29,34)(H,30,31,32). The van der Waals surface area contributed by atoms with Gasteiger partial charge in [-0.25, -0.2) is 9.37 Å². The summed E-state index contributed by atoms with van der Waals surface area (Å²) >= 11 is 0. The monoisotopic (exact) mass is 475 g/mol. The van der Waals surface area contributed by atoms with Crippen LogP contribution in [0.1, 0.15) is 41.6 Å². The largest absolute Gasteiger partial charge is 0.417 e. The third-order valence-corrected chi connectivity index (χ3v) is 5.93. The fraction of sp³-hybridized carbons (Fsp3) is 0.375. The minimum atomic E-state index is -4.74. The number of carbonyl (C=O) groups is 1. The molecule has 0 bridgehead atoms. The van der Waals surface area contributed by atoms with Gasteiger partial charge in [0.25, 0.3) is 5.91 Å². The maximum atomic E-state index is 13.5. The minimum Gasteiger partial charge on any atom is -0.362 e. The number of para-hydroxylation sites is 1. The highest BCUT2D eigenvalue weighted by atomic mass is 19.4. The lowest BCUT2D eigenvalue weighted by Crippen LogP contribution is -2.41. The van der Waals surface area contributed by atoms with Gasteiger partial charge in [-0.05, 0) is 56.0 Å². The Morgan fingerprint density at radius 3 is 2.35 bits per heavy atom. The van der Waals surface area contributed by atoms with Crippen LogP contribution in [0.4, 0.5) is 29.3 Å². The van der Waals surface area contributed by atoms with E-state index in [-0.39, 0.29) is 12.1 Å². The molecular weight excluding hydrogens is 450 g/mol. The number of nitrogens with one attached hydrogen (secondary N) is 2. The van der Waals surface area contributed by atoms with Crippen molar-refractivity contribution in [1.29, 1.82) is 0 Å². The predicted octanol–water partition coefficient (Wildman–Crippen LogP) is 5.01. The van der Waals surface area contributed by atoms with E-state index in [1.165, 1.54) is 0 Å². The first-order valence-electron chi connectivity index (χ1n) is 11.0. The molecule has 2 N–H and O–H groups in total. The number of anilines is 2.